The Morgan fingerprint density at radius 2 is 2.12 bits per heavy atom. The first kappa shape index (κ1) is 22.2. The number of imide groups is 1. The minimum absolute atomic E-state index is 0.0371. The number of nitrogens with one attached hydrogen (secondary N) is 1. The van der Waals surface area contributed by atoms with Crippen LogP contribution >= 0.6 is 0 Å². The van der Waals surface area contributed by atoms with Crippen molar-refractivity contribution >= 4 is 27.7 Å². The van der Waals surface area contributed by atoms with E-state index in [-0.39, 0.29) is 48.0 Å². The van der Waals surface area contributed by atoms with Gasteiger partial charge in [0.2, 0.25) is 11.8 Å². The number of urea groups is 1. The summed E-state index contributed by atoms with van der Waals surface area (Å²) in [5, 5.41) is 5.72. The predicted octanol–water partition coefficient (Wildman–Crippen LogP) is 1.81. The largest absolute Gasteiger partial charge is 0.490 e. The van der Waals surface area contributed by atoms with E-state index < -0.39 is 27.6 Å². The average Bonchev–Trinajstić information content (AvgIpc) is 3.33. The number of anilines is 1. The van der Waals surface area contributed by atoms with Crippen LogP contribution < -0.4 is 15.0 Å². The minimum Gasteiger partial charge on any atom is -0.490 e. The molecule has 1 aliphatic carbocycles. The fraction of sp³-hybridized carbons (Fsp3) is 0.500. The van der Waals surface area contributed by atoms with Crippen molar-refractivity contribution in [1.82, 2.24) is 15.5 Å². The van der Waals surface area contributed by atoms with Gasteiger partial charge < -0.3 is 9.26 Å². The quantitative estimate of drug-likeness (QED) is 0.525. The monoisotopic (exact) mass is 466 g/mol. The summed E-state index contributed by atoms with van der Waals surface area (Å²) >= 11 is 0. The van der Waals surface area contributed by atoms with Gasteiger partial charge in [0.15, 0.2) is 21.4 Å². The van der Waals surface area contributed by atoms with E-state index in [4.69, 9.17) is 9.26 Å². The van der Waals surface area contributed by atoms with Gasteiger partial charge >= 0.3 is 6.03 Å². The van der Waals surface area contributed by atoms with Gasteiger partial charge in [0.05, 0.1) is 18.1 Å². The number of hydrogen-bond acceptors (Lipinski definition) is 8. The minimum atomic E-state index is -3.50. The molecule has 1 N–H and O–H groups in total. The van der Waals surface area contributed by atoms with Gasteiger partial charge in [-0.1, -0.05) is 13.0 Å². The molecule has 2 aliphatic rings. The van der Waals surface area contributed by atoms with E-state index in [9.17, 15) is 22.4 Å². The van der Waals surface area contributed by atoms with Crippen LogP contribution in [-0.2, 0) is 21.1 Å². The SMILES string of the molecule is C[C@@H](CS(=O)(=O)CCc1nc(N2CC(=O)NC2=O)no1)c1ccc(F)c(OCC2CC2)c1. The zero-order valence-corrected chi connectivity index (χ0v) is 18.2. The van der Waals surface area contributed by atoms with Crippen LogP contribution in [0.15, 0.2) is 22.7 Å². The van der Waals surface area contributed by atoms with Crippen molar-refractivity contribution in [2.45, 2.75) is 32.1 Å². The number of ether oxygens (including phenoxy) is 1. The molecule has 172 valence electrons. The lowest BCUT2D eigenvalue weighted by atomic mass is 10.0. The van der Waals surface area contributed by atoms with Gasteiger partial charge in [-0.05, 0) is 47.5 Å². The van der Waals surface area contributed by atoms with Crippen LogP contribution in [0, 0.1) is 11.7 Å². The van der Waals surface area contributed by atoms with Gasteiger partial charge in [-0.15, -0.1) is 0 Å². The third-order valence-corrected chi connectivity index (χ3v) is 7.15. The molecule has 1 aliphatic heterocycles. The first-order chi connectivity index (χ1) is 15.2. The number of rotatable bonds is 10. The lowest BCUT2D eigenvalue weighted by Gasteiger charge is -2.14. The summed E-state index contributed by atoms with van der Waals surface area (Å²) in [5.41, 5.74) is 0.672. The van der Waals surface area contributed by atoms with Gasteiger partial charge in [0, 0.05) is 6.42 Å². The molecule has 32 heavy (non-hydrogen) atoms. The van der Waals surface area contributed by atoms with Crippen molar-refractivity contribution in [3.63, 3.8) is 0 Å². The van der Waals surface area contributed by atoms with E-state index in [2.05, 4.69) is 15.5 Å². The molecule has 0 radical (unpaired) electrons. The van der Waals surface area contributed by atoms with E-state index in [1.807, 2.05) is 0 Å². The van der Waals surface area contributed by atoms with Gasteiger partial charge in [-0.2, -0.15) is 4.98 Å². The maximum Gasteiger partial charge on any atom is 0.331 e. The zero-order valence-electron chi connectivity index (χ0n) is 17.4. The molecular formula is C20H23FN4O6S. The van der Waals surface area contributed by atoms with E-state index in [0.717, 1.165) is 17.7 Å². The number of nitrogens with zero attached hydrogens (tertiary/aromatic N) is 3. The van der Waals surface area contributed by atoms with Crippen molar-refractivity contribution in [3.05, 3.63) is 35.5 Å². The molecule has 3 amide bonds. The Kier molecular flexibility index (Phi) is 6.13. The lowest BCUT2D eigenvalue weighted by molar-refractivity contribution is -0.117. The molecule has 10 nitrogen and oxygen atoms in total. The molecule has 1 saturated heterocycles. The summed E-state index contributed by atoms with van der Waals surface area (Å²) in [5.74, 6) is -1.16. The summed E-state index contributed by atoms with van der Waals surface area (Å²) in [4.78, 5) is 27.9. The van der Waals surface area contributed by atoms with Gasteiger partial charge in [0.1, 0.15) is 6.54 Å². The number of aryl methyl sites for hydroxylation is 1. The molecule has 1 saturated carbocycles. The van der Waals surface area contributed by atoms with E-state index in [0.29, 0.717) is 18.1 Å². The zero-order chi connectivity index (χ0) is 22.9. The van der Waals surface area contributed by atoms with Crippen LogP contribution in [-0.4, -0.2) is 55.2 Å². The highest BCUT2D eigenvalue weighted by Crippen LogP contribution is 2.31. The van der Waals surface area contributed by atoms with Gasteiger partial charge in [0.25, 0.3) is 5.95 Å². The van der Waals surface area contributed by atoms with Crippen molar-refractivity contribution < 1.29 is 31.7 Å². The molecule has 0 bridgehead atoms. The van der Waals surface area contributed by atoms with Crippen LogP contribution in [0.25, 0.3) is 0 Å². The Bertz CT molecular complexity index is 1130. The molecule has 1 aromatic heterocycles. The van der Waals surface area contributed by atoms with E-state index in [1.54, 1.807) is 19.1 Å². The Morgan fingerprint density at radius 1 is 1.34 bits per heavy atom. The number of hydrogen-bond donors (Lipinski definition) is 1. The van der Waals surface area contributed by atoms with E-state index >= 15 is 0 Å². The second-order valence-electron chi connectivity index (χ2n) is 8.14. The number of sulfone groups is 1. The molecule has 2 heterocycles. The summed E-state index contributed by atoms with van der Waals surface area (Å²) in [6, 6.07) is 3.75. The smallest absolute Gasteiger partial charge is 0.331 e. The molecule has 1 aromatic carbocycles. The van der Waals surface area contributed by atoms with Crippen LogP contribution in [0.4, 0.5) is 15.1 Å². The van der Waals surface area contributed by atoms with Crippen molar-refractivity contribution in [2.75, 3.05) is 29.6 Å². The highest BCUT2D eigenvalue weighted by atomic mass is 32.2. The highest BCUT2D eigenvalue weighted by Gasteiger charge is 2.31. The molecule has 4 rings (SSSR count). The van der Waals surface area contributed by atoms with Gasteiger partial charge in [-0.25, -0.2) is 22.5 Å². The second-order valence-corrected chi connectivity index (χ2v) is 10.4. The Balaban J connectivity index is 1.33. The van der Waals surface area contributed by atoms with E-state index in [1.165, 1.54) is 6.07 Å². The fourth-order valence-electron chi connectivity index (χ4n) is 3.29. The number of benzene rings is 1. The molecule has 1 atom stereocenters. The standard InChI is InChI=1S/C20H23FN4O6S/c1-12(14-4-5-15(21)16(8-14)30-10-13-2-3-13)11-32(28,29)7-6-18-23-19(24-31-18)25-9-17(26)22-20(25)27/h4-5,8,12-13H,2-3,6-7,9-11H2,1H3,(H,22,26,27)/t12-/m0/s1. The molecular weight excluding hydrogens is 443 g/mol. The lowest BCUT2D eigenvalue weighted by Crippen LogP contribution is -2.28. The maximum atomic E-state index is 14.0. The van der Waals surface area contributed by atoms with Crippen LogP contribution in [0.3, 0.4) is 0 Å². The third-order valence-electron chi connectivity index (χ3n) is 5.32. The van der Waals surface area contributed by atoms with Crippen molar-refractivity contribution in [3.8, 4) is 5.75 Å². The number of halogens is 1. The Labute approximate surface area is 184 Å². The van der Waals surface area contributed by atoms with Crippen LogP contribution in [0.5, 0.6) is 5.75 Å². The number of carbonyl (C=O) groups excluding carboxylic acids is 2. The maximum absolute atomic E-state index is 14.0. The number of carbonyl (C=O) groups is 2. The van der Waals surface area contributed by atoms with Crippen molar-refractivity contribution in [1.29, 1.82) is 0 Å². The topological polar surface area (TPSA) is 132 Å². The van der Waals surface area contributed by atoms with Crippen LogP contribution in [0.2, 0.25) is 0 Å². The third kappa shape index (κ3) is 5.42. The van der Waals surface area contributed by atoms with Crippen molar-refractivity contribution in [2.24, 2.45) is 5.92 Å². The van der Waals surface area contributed by atoms with Gasteiger partial charge in [-0.3, -0.25) is 10.1 Å². The fourth-order valence-corrected chi connectivity index (χ4v) is 4.90. The number of aromatic nitrogens is 2. The summed E-state index contributed by atoms with van der Waals surface area (Å²) in [6.45, 7) is 1.99. The Hall–Kier alpha value is -3.02. The first-order valence-electron chi connectivity index (χ1n) is 10.3. The molecule has 2 fully saturated rings. The predicted molar refractivity (Wildman–Crippen MR) is 111 cm³/mol. The first-order valence-corrected chi connectivity index (χ1v) is 12.1. The molecule has 12 heteroatoms. The molecule has 0 spiro atoms. The molecule has 2 aromatic rings. The molecule has 0 unspecified atom stereocenters. The normalized spacial score (nSPS) is 17.5. The average molecular weight is 466 g/mol. The highest BCUT2D eigenvalue weighted by molar-refractivity contribution is 7.91. The summed E-state index contributed by atoms with van der Waals surface area (Å²) < 4.78 is 49.8. The number of amides is 3. The Morgan fingerprint density at radius 3 is 2.81 bits per heavy atom. The summed E-state index contributed by atoms with van der Waals surface area (Å²) in [6.07, 6.45) is 2.13. The summed E-state index contributed by atoms with van der Waals surface area (Å²) in [7, 11) is -3.50. The second kappa shape index (κ2) is 8.85. The van der Waals surface area contributed by atoms with Crippen LogP contribution in [0.1, 0.15) is 37.1 Å².